The van der Waals surface area contributed by atoms with Crippen LogP contribution >= 0.6 is 0 Å². The largest absolute Gasteiger partial charge is 0.459 e. The summed E-state index contributed by atoms with van der Waals surface area (Å²) in [6.45, 7) is 2.25. The third-order valence-electron chi connectivity index (χ3n) is 8.02. The molecule has 7 heteroatoms. The highest BCUT2D eigenvalue weighted by Gasteiger charge is 2.72. The average molecular weight is 481 g/mol. The fraction of sp³-hybridized carbons (Fsp3) is 0.769. The van der Waals surface area contributed by atoms with Gasteiger partial charge in [-0.05, 0) is 79.7 Å². The first-order chi connectivity index (χ1) is 15.4. The molecule has 2 aliphatic rings. The number of aryl methyl sites for hydroxylation is 1. The number of hydrogen-bond donors (Lipinski definition) is 0. The Balaban J connectivity index is 1.47. The normalized spacial score (nSPS) is 27.5. The van der Waals surface area contributed by atoms with Crippen molar-refractivity contribution in [3.63, 3.8) is 0 Å². The Morgan fingerprint density at radius 2 is 1.24 bits per heavy atom. The van der Waals surface area contributed by atoms with Gasteiger partial charge >= 0.3 is 18.0 Å². The maximum atomic E-state index is 13.5. The molecule has 0 bridgehead atoms. The number of alkyl halides is 7. The molecule has 2 saturated carbocycles. The summed E-state index contributed by atoms with van der Waals surface area (Å²) in [7, 11) is 0. The predicted octanol–water partition coefficient (Wildman–Crippen LogP) is 9.33. The highest BCUT2D eigenvalue weighted by Crippen LogP contribution is 2.48. The van der Waals surface area contributed by atoms with Crippen LogP contribution in [0, 0.1) is 17.8 Å². The molecular formula is C26H35F7. The number of rotatable bonds is 8. The second-order valence-corrected chi connectivity index (χ2v) is 10.2. The number of benzene rings is 1. The van der Waals surface area contributed by atoms with Gasteiger partial charge in [0.25, 0.3) is 0 Å². The first-order valence-electron chi connectivity index (χ1n) is 12.4. The third-order valence-corrected chi connectivity index (χ3v) is 8.02. The molecule has 3 rings (SSSR count). The Bertz CT molecular complexity index is 722. The lowest BCUT2D eigenvalue weighted by atomic mass is 9.68. The summed E-state index contributed by atoms with van der Waals surface area (Å²) in [6.07, 6.45) is 4.18. The van der Waals surface area contributed by atoms with Crippen LogP contribution in [0.2, 0.25) is 0 Å². The van der Waals surface area contributed by atoms with Crippen molar-refractivity contribution < 1.29 is 30.7 Å². The van der Waals surface area contributed by atoms with Gasteiger partial charge < -0.3 is 0 Å². The molecule has 33 heavy (non-hydrogen) atoms. The van der Waals surface area contributed by atoms with Gasteiger partial charge in [-0.15, -0.1) is 0 Å². The smallest absolute Gasteiger partial charge is 0.199 e. The van der Waals surface area contributed by atoms with E-state index in [0.29, 0.717) is 11.5 Å². The van der Waals surface area contributed by atoms with E-state index < -0.39 is 30.9 Å². The summed E-state index contributed by atoms with van der Waals surface area (Å²) in [4.78, 5) is 0. The molecule has 0 radical (unpaired) electrons. The van der Waals surface area contributed by atoms with E-state index in [1.165, 1.54) is 51.4 Å². The highest BCUT2D eigenvalue weighted by atomic mass is 19.4. The van der Waals surface area contributed by atoms with Crippen molar-refractivity contribution in [2.45, 2.75) is 108 Å². The van der Waals surface area contributed by atoms with E-state index in [0.717, 1.165) is 36.2 Å². The summed E-state index contributed by atoms with van der Waals surface area (Å²) in [5.74, 6) is -8.27. The zero-order chi connectivity index (χ0) is 24.3. The maximum Gasteiger partial charge on any atom is 0.459 e. The van der Waals surface area contributed by atoms with E-state index in [4.69, 9.17) is 0 Å². The third kappa shape index (κ3) is 6.25. The van der Waals surface area contributed by atoms with Gasteiger partial charge in [0.15, 0.2) is 0 Å². The van der Waals surface area contributed by atoms with Crippen molar-refractivity contribution in [2.75, 3.05) is 0 Å². The molecule has 0 spiro atoms. The minimum Gasteiger partial charge on any atom is -0.199 e. The van der Waals surface area contributed by atoms with Gasteiger partial charge in [0, 0.05) is 6.42 Å². The molecule has 2 aliphatic carbocycles. The molecule has 0 atom stereocenters. The van der Waals surface area contributed by atoms with Crippen LogP contribution in [0.1, 0.15) is 94.6 Å². The summed E-state index contributed by atoms with van der Waals surface area (Å²) in [5.41, 5.74) is 1.44. The predicted molar refractivity (Wildman–Crippen MR) is 116 cm³/mol. The van der Waals surface area contributed by atoms with Gasteiger partial charge in [-0.1, -0.05) is 56.9 Å². The second kappa shape index (κ2) is 10.6. The van der Waals surface area contributed by atoms with Crippen LogP contribution in [0.15, 0.2) is 24.3 Å². The van der Waals surface area contributed by atoms with Gasteiger partial charge in [0.05, 0.1) is 0 Å². The second-order valence-electron chi connectivity index (χ2n) is 10.2. The summed E-state index contributed by atoms with van der Waals surface area (Å²) in [5, 5.41) is 0. The summed E-state index contributed by atoms with van der Waals surface area (Å²) >= 11 is 0. The molecule has 0 N–H and O–H groups in total. The molecule has 2 fully saturated rings. The fourth-order valence-corrected chi connectivity index (χ4v) is 5.90. The van der Waals surface area contributed by atoms with Crippen LogP contribution in [0.25, 0.3) is 0 Å². The lowest BCUT2D eigenvalue weighted by Gasteiger charge is -2.38. The van der Waals surface area contributed by atoms with Crippen LogP contribution < -0.4 is 0 Å². The van der Waals surface area contributed by atoms with Crippen LogP contribution in [0.3, 0.4) is 0 Å². The highest BCUT2D eigenvalue weighted by molar-refractivity contribution is 5.26. The Morgan fingerprint density at radius 1 is 0.727 bits per heavy atom. The maximum absolute atomic E-state index is 13.5. The molecule has 1 aromatic rings. The van der Waals surface area contributed by atoms with Gasteiger partial charge in [0.1, 0.15) is 0 Å². The topological polar surface area (TPSA) is 0 Å². The van der Waals surface area contributed by atoms with E-state index in [1.807, 2.05) is 12.1 Å². The van der Waals surface area contributed by atoms with Crippen molar-refractivity contribution in [1.29, 1.82) is 0 Å². The quantitative estimate of drug-likeness (QED) is 0.325. The van der Waals surface area contributed by atoms with Gasteiger partial charge in [-0.25, -0.2) is 0 Å². The van der Waals surface area contributed by atoms with Crippen molar-refractivity contribution in [3.05, 3.63) is 35.4 Å². The SMILES string of the molecule is CCCC1CCC(C2CCC(c3ccc(CCC(F)(F)C(F)(F)C(F)(F)F)cc3)CC2)CC1. The Hall–Kier alpha value is -1.27. The fourth-order valence-electron chi connectivity index (χ4n) is 5.90. The molecule has 0 heterocycles. The van der Waals surface area contributed by atoms with Crippen molar-refractivity contribution in [3.8, 4) is 0 Å². The van der Waals surface area contributed by atoms with Crippen molar-refractivity contribution in [1.82, 2.24) is 0 Å². The summed E-state index contributed by atoms with van der Waals surface area (Å²) in [6, 6.07) is 6.79. The summed E-state index contributed by atoms with van der Waals surface area (Å²) < 4.78 is 90.0. The van der Waals surface area contributed by atoms with E-state index in [9.17, 15) is 30.7 Å². The van der Waals surface area contributed by atoms with Crippen LogP contribution in [0.4, 0.5) is 30.7 Å². The van der Waals surface area contributed by atoms with Gasteiger partial charge in [-0.3, -0.25) is 0 Å². The van der Waals surface area contributed by atoms with Gasteiger partial charge in [0.2, 0.25) is 0 Å². The lowest BCUT2D eigenvalue weighted by Crippen LogP contribution is -2.52. The minimum absolute atomic E-state index is 0.342. The number of halogens is 7. The van der Waals surface area contributed by atoms with Crippen molar-refractivity contribution >= 4 is 0 Å². The molecular weight excluding hydrogens is 445 g/mol. The zero-order valence-electron chi connectivity index (χ0n) is 19.2. The van der Waals surface area contributed by atoms with Crippen LogP contribution in [-0.2, 0) is 6.42 Å². The molecule has 0 aliphatic heterocycles. The Morgan fingerprint density at radius 3 is 1.73 bits per heavy atom. The lowest BCUT2D eigenvalue weighted by molar-refractivity contribution is -0.355. The van der Waals surface area contributed by atoms with E-state index in [2.05, 4.69) is 6.92 Å². The zero-order valence-corrected chi connectivity index (χ0v) is 19.2. The van der Waals surface area contributed by atoms with E-state index >= 15 is 0 Å². The molecule has 0 aromatic heterocycles. The molecule has 0 amide bonds. The van der Waals surface area contributed by atoms with Crippen LogP contribution in [0.5, 0.6) is 0 Å². The standard InChI is InChI=1S/C26H35F7/c1-2-3-18-4-8-20(9-5-18)22-12-14-23(15-13-22)21-10-6-19(7-11-21)16-17-24(27,28)25(29,30)26(31,32)33/h6-7,10-11,18,20,22-23H,2-5,8-9,12-17H2,1H3. The first kappa shape index (κ1) is 26.3. The van der Waals surface area contributed by atoms with E-state index in [-0.39, 0.29) is 0 Å². The Labute approximate surface area is 192 Å². The number of hydrogen-bond acceptors (Lipinski definition) is 0. The monoisotopic (exact) mass is 480 g/mol. The molecule has 188 valence electrons. The first-order valence-corrected chi connectivity index (χ1v) is 12.4. The minimum atomic E-state index is -6.27. The van der Waals surface area contributed by atoms with Gasteiger partial charge in [-0.2, -0.15) is 30.7 Å². The molecule has 0 saturated heterocycles. The van der Waals surface area contributed by atoms with E-state index in [1.54, 1.807) is 12.1 Å². The molecule has 0 unspecified atom stereocenters. The molecule has 0 nitrogen and oxygen atoms in total. The molecule has 1 aromatic carbocycles. The average Bonchev–Trinajstić information content (AvgIpc) is 2.78. The Kier molecular flexibility index (Phi) is 8.42. The van der Waals surface area contributed by atoms with Crippen molar-refractivity contribution in [2.24, 2.45) is 17.8 Å². The van der Waals surface area contributed by atoms with Crippen LogP contribution in [-0.4, -0.2) is 18.0 Å².